The van der Waals surface area contributed by atoms with Gasteiger partial charge in [0.1, 0.15) is 5.75 Å². The van der Waals surface area contributed by atoms with Crippen LogP contribution in [0.2, 0.25) is 0 Å². The highest BCUT2D eigenvalue weighted by molar-refractivity contribution is 5.82. The molecule has 0 fully saturated rings. The second kappa shape index (κ2) is 6.06. The van der Waals surface area contributed by atoms with Gasteiger partial charge in [-0.3, -0.25) is 4.79 Å². The Bertz CT molecular complexity index is 438. The van der Waals surface area contributed by atoms with Crippen LogP contribution < -0.4 is 15.8 Å². The van der Waals surface area contributed by atoms with Gasteiger partial charge in [-0.1, -0.05) is 32.9 Å². The molecule has 0 heterocycles. The standard InChI is InChI=1S/C15H24N2O2/c1-10(11-7-6-8-12(9-11)19-5)17-14(18)13(16)15(2,3)4/h6-10,13H,16H2,1-5H3,(H,17,18)/t10-,13-/m1/s1. The van der Waals surface area contributed by atoms with Gasteiger partial charge in [0.05, 0.1) is 19.2 Å². The zero-order chi connectivity index (χ0) is 14.6. The van der Waals surface area contributed by atoms with Crippen molar-refractivity contribution in [2.24, 2.45) is 11.1 Å². The fourth-order valence-electron chi connectivity index (χ4n) is 1.69. The second-order valence-corrected chi connectivity index (χ2v) is 5.85. The van der Waals surface area contributed by atoms with E-state index in [4.69, 9.17) is 10.5 Å². The number of nitrogens with one attached hydrogen (secondary N) is 1. The molecular weight excluding hydrogens is 240 g/mol. The number of ether oxygens (including phenoxy) is 1. The van der Waals surface area contributed by atoms with Crippen molar-refractivity contribution in [3.63, 3.8) is 0 Å². The van der Waals surface area contributed by atoms with Gasteiger partial charge < -0.3 is 15.8 Å². The van der Waals surface area contributed by atoms with Crippen LogP contribution in [0.3, 0.4) is 0 Å². The van der Waals surface area contributed by atoms with Gasteiger partial charge in [-0.2, -0.15) is 0 Å². The van der Waals surface area contributed by atoms with E-state index in [1.807, 2.05) is 52.0 Å². The Balaban J connectivity index is 2.74. The fraction of sp³-hybridized carbons (Fsp3) is 0.533. The summed E-state index contributed by atoms with van der Waals surface area (Å²) in [6.07, 6.45) is 0. The molecular formula is C15H24N2O2. The molecule has 0 bridgehead atoms. The molecule has 1 rings (SSSR count). The summed E-state index contributed by atoms with van der Waals surface area (Å²) < 4.78 is 5.17. The lowest BCUT2D eigenvalue weighted by molar-refractivity contribution is -0.125. The monoisotopic (exact) mass is 264 g/mol. The summed E-state index contributed by atoms with van der Waals surface area (Å²) in [5.41, 5.74) is 6.68. The van der Waals surface area contributed by atoms with Crippen molar-refractivity contribution in [3.05, 3.63) is 29.8 Å². The van der Waals surface area contributed by atoms with E-state index in [1.165, 1.54) is 0 Å². The first-order valence-electron chi connectivity index (χ1n) is 6.45. The van der Waals surface area contributed by atoms with Crippen molar-refractivity contribution < 1.29 is 9.53 Å². The maximum Gasteiger partial charge on any atom is 0.237 e. The first-order valence-corrected chi connectivity index (χ1v) is 6.45. The van der Waals surface area contributed by atoms with Gasteiger partial charge in [0.25, 0.3) is 0 Å². The van der Waals surface area contributed by atoms with E-state index < -0.39 is 6.04 Å². The van der Waals surface area contributed by atoms with E-state index >= 15 is 0 Å². The zero-order valence-corrected chi connectivity index (χ0v) is 12.4. The van der Waals surface area contributed by atoms with Crippen molar-refractivity contribution in [1.82, 2.24) is 5.32 Å². The Morgan fingerprint density at radius 1 is 1.37 bits per heavy atom. The topological polar surface area (TPSA) is 64.3 Å². The smallest absolute Gasteiger partial charge is 0.237 e. The van der Waals surface area contributed by atoms with E-state index in [2.05, 4.69) is 5.32 Å². The van der Waals surface area contributed by atoms with Crippen LogP contribution in [0.25, 0.3) is 0 Å². The molecule has 106 valence electrons. The molecule has 0 aliphatic carbocycles. The quantitative estimate of drug-likeness (QED) is 0.876. The highest BCUT2D eigenvalue weighted by atomic mass is 16.5. The number of amides is 1. The number of carbonyl (C=O) groups is 1. The number of carbonyl (C=O) groups excluding carboxylic acids is 1. The second-order valence-electron chi connectivity index (χ2n) is 5.85. The molecule has 0 radical (unpaired) electrons. The van der Waals surface area contributed by atoms with E-state index in [-0.39, 0.29) is 17.4 Å². The molecule has 0 aromatic heterocycles. The van der Waals surface area contributed by atoms with Crippen LogP contribution in [0.1, 0.15) is 39.3 Å². The Morgan fingerprint density at radius 2 is 2.00 bits per heavy atom. The lowest BCUT2D eigenvalue weighted by atomic mass is 9.86. The maximum atomic E-state index is 12.1. The molecule has 0 aliphatic heterocycles. The fourth-order valence-corrected chi connectivity index (χ4v) is 1.69. The van der Waals surface area contributed by atoms with Crippen LogP contribution in [0, 0.1) is 5.41 Å². The van der Waals surface area contributed by atoms with Crippen molar-refractivity contribution in [1.29, 1.82) is 0 Å². The van der Waals surface area contributed by atoms with Crippen molar-refractivity contribution in [2.45, 2.75) is 39.8 Å². The Kier molecular flexibility index (Phi) is 4.95. The van der Waals surface area contributed by atoms with Crippen molar-refractivity contribution >= 4 is 5.91 Å². The highest BCUT2D eigenvalue weighted by Gasteiger charge is 2.28. The SMILES string of the molecule is COc1cccc([C@@H](C)NC(=O)[C@@H](N)C(C)(C)C)c1. The van der Waals surface area contributed by atoms with Crippen LogP contribution in [0.4, 0.5) is 0 Å². The molecule has 0 aliphatic rings. The zero-order valence-electron chi connectivity index (χ0n) is 12.4. The lowest BCUT2D eigenvalue weighted by Crippen LogP contribution is -2.49. The number of methoxy groups -OCH3 is 1. The summed E-state index contributed by atoms with van der Waals surface area (Å²) in [4.78, 5) is 12.1. The largest absolute Gasteiger partial charge is 0.497 e. The van der Waals surface area contributed by atoms with Gasteiger partial charge in [0.15, 0.2) is 0 Å². The van der Waals surface area contributed by atoms with Crippen LogP contribution in [0.5, 0.6) is 5.75 Å². The van der Waals surface area contributed by atoms with Crippen LogP contribution >= 0.6 is 0 Å². The minimum atomic E-state index is -0.527. The molecule has 3 N–H and O–H groups in total. The first-order chi connectivity index (χ1) is 8.75. The van der Waals surface area contributed by atoms with Crippen LogP contribution in [0.15, 0.2) is 24.3 Å². The van der Waals surface area contributed by atoms with Crippen molar-refractivity contribution in [2.75, 3.05) is 7.11 Å². The molecule has 1 aromatic rings. The molecule has 1 aromatic carbocycles. The summed E-state index contributed by atoms with van der Waals surface area (Å²) >= 11 is 0. The predicted octanol–water partition coefficient (Wildman–Crippen LogP) is 2.25. The number of hydrogen-bond acceptors (Lipinski definition) is 3. The van der Waals surface area contributed by atoms with E-state index in [0.717, 1.165) is 11.3 Å². The first kappa shape index (κ1) is 15.5. The lowest BCUT2D eigenvalue weighted by Gasteiger charge is -2.27. The van der Waals surface area contributed by atoms with Gasteiger partial charge in [-0.25, -0.2) is 0 Å². The van der Waals surface area contributed by atoms with Gasteiger partial charge in [0.2, 0.25) is 5.91 Å². The van der Waals surface area contributed by atoms with Gasteiger partial charge in [0, 0.05) is 0 Å². The summed E-state index contributed by atoms with van der Waals surface area (Å²) in [6.45, 7) is 7.79. The summed E-state index contributed by atoms with van der Waals surface area (Å²) in [5, 5.41) is 2.93. The number of benzene rings is 1. The molecule has 0 unspecified atom stereocenters. The van der Waals surface area contributed by atoms with Crippen LogP contribution in [-0.4, -0.2) is 19.1 Å². The molecule has 0 saturated heterocycles. The summed E-state index contributed by atoms with van der Waals surface area (Å²) in [7, 11) is 1.62. The third kappa shape index (κ3) is 4.24. The molecule has 19 heavy (non-hydrogen) atoms. The molecule has 2 atom stereocenters. The molecule has 0 saturated carbocycles. The van der Waals surface area contributed by atoms with E-state index in [9.17, 15) is 4.79 Å². The van der Waals surface area contributed by atoms with E-state index in [0.29, 0.717) is 0 Å². The summed E-state index contributed by atoms with van der Waals surface area (Å²) in [6, 6.07) is 7.01. The van der Waals surface area contributed by atoms with Gasteiger partial charge in [-0.15, -0.1) is 0 Å². The normalized spacial score (nSPS) is 14.6. The third-order valence-corrected chi connectivity index (χ3v) is 3.17. The average molecular weight is 264 g/mol. The maximum absolute atomic E-state index is 12.1. The molecule has 4 heteroatoms. The Hall–Kier alpha value is -1.55. The molecule has 1 amide bonds. The predicted molar refractivity (Wildman–Crippen MR) is 77.0 cm³/mol. The molecule has 4 nitrogen and oxygen atoms in total. The number of nitrogens with two attached hydrogens (primary N) is 1. The highest BCUT2D eigenvalue weighted by Crippen LogP contribution is 2.21. The average Bonchev–Trinajstić information content (AvgIpc) is 2.36. The van der Waals surface area contributed by atoms with Gasteiger partial charge >= 0.3 is 0 Å². The molecule has 0 spiro atoms. The number of hydrogen-bond donors (Lipinski definition) is 2. The van der Waals surface area contributed by atoms with E-state index in [1.54, 1.807) is 7.11 Å². The third-order valence-electron chi connectivity index (χ3n) is 3.17. The Labute approximate surface area is 115 Å². The minimum absolute atomic E-state index is 0.101. The Morgan fingerprint density at radius 3 is 2.53 bits per heavy atom. The van der Waals surface area contributed by atoms with Crippen LogP contribution in [-0.2, 0) is 4.79 Å². The summed E-state index contributed by atoms with van der Waals surface area (Å²) in [5.74, 6) is 0.640. The minimum Gasteiger partial charge on any atom is -0.497 e. The van der Waals surface area contributed by atoms with Gasteiger partial charge in [-0.05, 0) is 30.0 Å². The number of rotatable bonds is 4. The van der Waals surface area contributed by atoms with Crippen molar-refractivity contribution in [3.8, 4) is 5.75 Å².